The smallest absolute Gasteiger partial charge is 0.407 e. The van der Waals surface area contributed by atoms with Crippen molar-refractivity contribution >= 4 is 22.8 Å². The van der Waals surface area contributed by atoms with Crippen LogP contribution in [0.5, 0.6) is 0 Å². The Hall–Kier alpha value is -3.73. The highest BCUT2D eigenvalue weighted by molar-refractivity contribution is 5.90. The van der Waals surface area contributed by atoms with Crippen LogP contribution in [0.4, 0.5) is 10.5 Å². The molecule has 1 aliphatic rings. The van der Waals surface area contributed by atoms with Gasteiger partial charge in [-0.15, -0.1) is 0 Å². The second-order valence-corrected chi connectivity index (χ2v) is 9.77. The number of ether oxygens (including phenoxy) is 1. The third-order valence-electron chi connectivity index (χ3n) is 6.09. The van der Waals surface area contributed by atoms with Crippen molar-refractivity contribution in [3.05, 3.63) is 64.1 Å². The Balaban J connectivity index is 1.68. The van der Waals surface area contributed by atoms with Crippen LogP contribution in [0.1, 0.15) is 44.7 Å². The van der Waals surface area contributed by atoms with Gasteiger partial charge in [0.25, 0.3) is 0 Å². The van der Waals surface area contributed by atoms with Crippen molar-refractivity contribution in [1.29, 1.82) is 5.26 Å². The molecule has 1 fully saturated rings. The summed E-state index contributed by atoms with van der Waals surface area (Å²) in [5, 5.41) is 12.5. The van der Waals surface area contributed by atoms with E-state index in [2.05, 4.69) is 16.3 Å². The molecule has 178 valence electrons. The van der Waals surface area contributed by atoms with Crippen LogP contribution in [0.15, 0.2) is 47.3 Å². The molecule has 2 heterocycles. The summed E-state index contributed by atoms with van der Waals surface area (Å²) in [4.78, 5) is 27.8. The summed E-state index contributed by atoms with van der Waals surface area (Å²) in [6.45, 7) is 7.29. The van der Waals surface area contributed by atoms with Crippen LogP contribution in [-0.2, 0) is 18.3 Å². The average molecular weight is 462 g/mol. The number of aryl methyl sites for hydroxylation is 1. The molecule has 4 rings (SSSR count). The SMILES string of the molecule is Cn1c(=O)n(Cc2ccccc2C#N)c2c(N3CCC[C@@H](NC(=O)OC(C)(C)C)C3)cccc21. The van der Waals surface area contributed by atoms with E-state index >= 15 is 0 Å². The highest BCUT2D eigenvalue weighted by Crippen LogP contribution is 2.29. The summed E-state index contributed by atoms with van der Waals surface area (Å²) in [5.41, 5.74) is 3.29. The van der Waals surface area contributed by atoms with Crippen LogP contribution in [0, 0.1) is 11.3 Å². The molecule has 0 unspecified atom stereocenters. The Morgan fingerprint density at radius 1 is 1.21 bits per heavy atom. The van der Waals surface area contributed by atoms with E-state index in [1.165, 1.54) is 0 Å². The lowest BCUT2D eigenvalue weighted by Gasteiger charge is -2.35. The van der Waals surface area contributed by atoms with Gasteiger partial charge in [0.2, 0.25) is 0 Å². The quantitative estimate of drug-likeness (QED) is 0.639. The number of alkyl carbamates (subject to hydrolysis) is 1. The first kappa shape index (κ1) is 23.4. The lowest BCUT2D eigenvalue weighted by Crippen LogP contribution is -2.49. The molecule has 1 saturated heterocycles. The molecule has 1 atom stereocenters. The van der Waals surface area contributed by atoms with Gasteiger partial charge in [-0.3, -0.25) is 9.13 Å². The number of nitrogens with zero attached hydrogens (tertiary/aromatic N) is 4. The van der Waals surface area contributed by atoms with Gasteiger partial charge < -0.3 is 15.0 Å². The number of aromatic nitrogens is 2. The summed E-state index contributed by atoms with van der Waals surface area (Å²) in [6, 6.07) is 15.4. The van der Waals surface area contributed by atoms with Crippen LogP contribution in [0.3, 0.4) is 0 Å². The van der Waals surface area contributed by atoms with Crippen molar-refractivity contribution in [3.8, 4) is 6.07 Å². The maximum atomic E-state index is 13.2. The van der Waals surface area contributed by atoms with E-state index in [1.54, 1.807) is 22.2 Å². The van der Waals surface area contributed by atoms with E-state index < -0.39 is 11.7 Å². The van der Waals surface area contributed by atoms with Crippen molar-refractivity contribution in [2.75, 3.05) is 18.0 Å². The minimum atomic E-state index is -0.552. The molecule has 3 aromatic rings. The molecular weight excluding hydrogens is 430 g/mol. The molecule has 34 heavy (non-hydrogen) atoms. The Labute approximate surface area is 199 Å². The molecule has 8 nitrogen and oxygen atoms in total. The third kappa shape index (κ3) is 4.79. The number of amides is 1. The summed E-state index contributed by atoms with van der Waals surface area (Å²) in [7, 11) is 1.77. The van der Waals surface area contributed by atoms with E-state index in [4.69, 9.17) is 4.74 Å². The first-order chi connectivity index (χ1) is 16.2. The standard InChI is InChI=1S/C26H31N5O3/c1-26(2,3)34-24(32)28-20-11-8-14-30(17-20)22-13-7-12-21-23(22)31(25(33)29(21)4)16-19-10-6-5-9-18(19)15-27/h5-7,9-10,12-13,20H,8,11,14,16-17H2,1-4H3,(H,28,32)/t20-/m1/s1. The molecule has 1 amide bonds. The molecule has 0 spiro atoms. The fourth-order valence-electron chi connectivity index (χ4n) is 4.57. The second-order valence-electron chi connectivity index (χ2n) is 9.77. The number of nitriles is 1. The van der Waals surface area contributed by atoms with Gasteiger partial charge in [0.1, 0.15) is 5.60 Å². The summed E-state index contributed by atoms with van der Waals surface area (Å²) >= 11 is 0. The maximum absolute atomic E-state index is 13.2. The Morgan fingerprint density at radius 2 is 1.97 bits per heavy atom. The van der Waals surface area contributed by atoms with Crippen LogP contribution in [0.2, 0.25) is 0 Å². The summed E-state index contributed by atoms with van der Waals surface area (Å²) in [5.74, 6) is 0. The number of anilines is 1. The minimum Gasteiger partial charge on any atom is -0.444 e. The second kappa shape index (κ2) is 9.26. The molecule has 1 aromatic heterocycles. The Kier molecular flexibility index (Phi) is 6.38. The molecule has 2 aromatic carbocycles. The molecule has 0 radical (unpaired) electrons. The summed E-state index contributed by atoms with van der Waals surface area (Å²) < 4.78 is 8.82. The first-order valence-electron chi connectivity index (χ1n) is 11.6. The molecule has 1 aliphatic heterocycles. The summed E-state index contributed by atoms with van der Waals surface area (Å²) in [6.07, 6.45) is 1.36. The zero-order valence-electron chi connectivity index (χ0n) is 20.2. The number of benzene rings is 2. The fourth-order valence-corrected chi connectivity index (χ4v) is 4.57. The van der Waals surface area contributed by atoms with Gasteiger partial charge in [-0.2, -0.15) is 5.26 Å². The predicted octanol–water partition coefficient (Wildman–Crippen LogP) is 3.75. The van der Waals surface area contributed by atoms with Crippen molar-refractivity contribution < 1.29 is 9.53 Å². The average Bonchev–Trinajstić information content (AvgIpc) is 3.03. The third-order valence-corrected chi connectivity index (χ3v) is 6.09. The zero-order chi connectivity index (χ0) is 24.5. The number of nitrogens with one attached hydrogen (secondary N) is 1. The van der Waals surface area contributed by atoms with Crippen LogP contribution in [0.25, 0.3) is 11.0 Å². The lowest BCUT2D eigenvalue weighted by atomic mass is 10.0. The molecule has 0 aliphatic carbocycles. The van der Waals surface area contributed by atoms with Crippen molar-refractivity contribution in [2.24, 2.45) is 7.05 Å². The topological polar surface area (TPSA) is 92.3 Å². The van der Waals surface area contributed by atoms with E-state index in [9.17, 15) is 14.9 Å². The van der Waals surface area contributed by atoms with E-state index in [-0.39, 0.29) is 11.7 Å². The predicted molar refractivity (Wildman–Crippen MR) is 132 cm³/mol. The number of imidazole rings is 1. The van der Waals surface area contributed by atoms with Crippen molar-refractivity contribution in [2.45, 2.75) is 51.8 Å². The van der Waals surface area contributed by atoms with Crippen LogP contribution in [-0.4, -0.2) is 40.0 Å². The van der Waals surface area contributed by atoms with Gasteiger partial charge in [0, 0.05) is 26.2 Å². The number of hydrogen-bond donors (Lipinski definition) is 1. The number of piperidine rings is 1. The molecule has 8 heteroatoms. The molecular formula is C26H31N5O3. The van der Waals surface area contributed by atoms with Gasteiger partial charge in [-0.1, -0.05) is 24.3 Å². The molecule has 0 saturated carbocycles. The Morgan fingerprint density at radius 3 is 2.71 bits per heavy atom. The van der Waals surface area contributed by atoms with E-state index in [1.807, 2.05) is 57.2 Å². The zero-order valence-corrected chi connectivity index (χ0v) is 20.2. The first-order valence-corrected chi connectivity index (χ1v) is 11.6. The monoisotopic (exact) mass is 461 g/mol. The lowest BCUT2D eigenvalue weighted by molar-refractivity contribution is 0.0500. The van der Waals surface area contributed by atoms with Gasteiger partial charge in [-0.25, -0.2) is 9.59 Å². The number of fused-ring (bicyclic) bond motifs is 1. The normalized spacial score (nSPS) is 16.3. The number of rotatable bonds is 4. The largest absolute Gasteiger partial charge is 0.444 e. The van der Waals surface area contributed by atoms with Gasteiger partial charge in [0.15, 0.2) is 0 Å². The van der Waals surface area contributed by atoms with Crippen molar-refractivity contribution in [3.63, 3.8) is 0 Å². The van der Waals surface area contributed by atoms with Crippen molar-refractivity contribution in [1.82, 2.24) is 14.5 Å². The van der Waals surface area contributed by atoms with E-state index in [0.717, 1.165) is 41.7 Å². The number of hydrogen-bond acceptors (Lipinski definition) is 5. The Bertz CT molecular complexity index is 1310. The van der Waals surface area contributed by atoms with Gasteiger partial charge in [0.05, 0.1) is 34.9 Å². The fraction of sp³-hybridized carbons (Fsp3) is 0.423. The van der Waals surface area contributed by atoms with Gasteiger partial charge in [-0.05, 0) is 57.4 Å². The van der Waals surface area contributed by atoms with E-state index in [0.29, 0.717) is 18.7 Å². The highest BCUT2D eigenvalue weighted by atomic mass is 16.6. The number of carbonyl (C=O) groups is 1. The highest BCUT2D eigenvalue weighted by Gasteiger charge is 2.26. The minimum absolute atomic E-state index is 0.0537. The van der Waals surface area contributed by atoms with Crippen LogP contribution >= 0.6 is 0 Å². The number of carbonyl (C=O) groups excluding carboxylic acids is 1. The maximum Gasteiger partial charge on any atom is 0.407 e. The molecule has 0 bridgehead atoms. The molecule has 1 N–H and O–H groups in total. The van der Waals surface area contributed by atoms with Crippen LogP contribution < -0.4 is 15.9 Å². The van der Waals surface area contributed by atoms with Gasteiger partial charge >= 0.3 is 11.8 Å². The number of para-hydroxylation sites is 1.